The molecule has 0 bridgehead atoms. The molecule has 4 nitrogen and oxygen atoms in total. The second-order valence-electron chi connectivity index (χ2n) is 8.57. The summed E-state index contributed by atoms with van der Waals surface area (Å²) in [5, 5.41) is 0.776. The van der Waals surface area contributed by atoms with Crippen LogP contribution in [0, 0.1) is 0 Å². The zero-order valence-electron chi connectivity index (χ0n) is 18.6. The Morgan fingerprint density at radius 3 is 2.41 bits per heavy atom. The zero-order valence-corrected chi connectivity index (χ0v) is 18.6. The Balaban J connectivity index is 1.51. The average molecular weight is 442 g/mol. The second-order valence-corrected chi connectivity index (χ2v) is 8.57. The Bertz CT molecular complexity index is 1480. The standard InChI is InChI=1S/C30H23N3O/c34-30(25-19-28(22-10-3-1-4-11-22)32-27-15-17-31-20-26(25)27)33-18-16-21-9-7-8-14-24(21)29(33)23-12-5-2-6-13-23/h1-15,17,19-20,29H,16,18H2/t29-/m1/s1. The van der Waals surface area contributed by atoms with Crippen LogP contribution in [0.15, 0.2) is 109 Å². The fourth-order valence-corrected chi connectivity index (χ4v) is 4.94. The summed E-state index contributed by atoms with van der Waals surface area (Å²) >= 11 is 0. The van der Waals surface area contributed by atoms with Crippen molar-refractivity contribution in [3.8, 4) is 11.3 Å². The van der Waals surface area contributed by atoms with Gasteiger partial charge in [0.2, 0.25) is 0 Å². The Hall–Kier alpha value is -4.31. The summed E-state index contributed by atoms with van der Waals surface area (Å²) < 4.78 is 0. The molecule has 5 aromatic rings. The summed E-state index contributed by atoms with van der Waals surface area (Å²) in [6.07, 6.45) is 4.31. The number of amides is 1. The van der Waals surface area contributed by atoms with Crippen molar-refractivity contribution in [3.63, 3.8) is 0 Å². The lowest BCUT2D eigenvalue weighted by Crippen LogP contribution is -2.40. The van der Waals surface area contributed by atoms with Gasteiger partial charge in [-0.15, -0.1) is 0 Å². The number of carbonyl (C=O) groups excluding carboxylic acids is 1. The predicted molar refractivity (Wildman–Crippen MR) is 134 cm³/mol. The molecule has 0 spiro atoms. The van der Waals surface area contributed by atoms with Crippen molar-refractivity contribution < 1.29 is 4.79 Å². The first-order valence-electron chi connectivity index (χ1n) is 11.5. The molecular formula is C30H23N3O. The molecular weight excluding hydrogens is 418 g/mol. The van der Waals surface area contributed by atoms with Crippen LogP contribution in [0.25, 0.3) is 22.2 Å². The van der Waals surface area contributed by atoms with Crippen LogP contribution in [0.3, 0.4) is 0 Å². The van der Waals surface area contributed by atoms with Crippen LogP contribution >= 0.6 is 0 Å². The summed E-state index contributed by atoms with van der Waals surface area (Å²) in [7, 11) is 0. The maximum atomic E-state index is 14.3. The average Bonchev–Trinajstić information content (AvgIpc) is 2.92. The lowest BCUT2D eigenvalue weighted by molar-refractivity contribution is 0.0696. The molecule has 0 unspecified atom stereocenters. The monoisotopic (exact) mass is 441 g/mol. The molecule has 1 aliphatic rings. The Kier molecular flexibility index (Phi) is 5.11. The van der Waals surface area contributed by atoms with Crippen LogP contribution in [0.4, 0.5) is 0 Å². The molecule has 3 aromatic carbocycles. The molecule has 0 saturated heterocycles. The van der Waals surface area contributed by atoms with Crippen LogP contribution in [0.5, 0.6) is 0 Å². The topological polar surface area (TPSA) is 46.1 Å². The molecule has 2 aromatic heterocycles. The molecule has 3 heterocycles. The number of hydrogen-bond donors (Lipinski definition) is 0. The molecule has 164 valence electrons. The van der Waals surface area contributed by atoms with E-state index in [1.165, 1.54) is 11.1 Å². The molecule has 0 N–H and O–H groups in total. The van der Waals surface area contributed by atoms with Crippen LogP contribution in [0.1, 0.15) is 33.1 Å². The van der Waals surface area contributed by atoms with Gasteiger partial charge in [-0.3, -0.25) is 9.78 Å². The fourth-order valence-electron chi connectivity index (χ4n) is 4.94. The van der Waals surface area contributed by atoms with Crippen molar-refractivity contribution in [2.24, 2.45) is 0 Å². The Morgan fingerprint density at radius 2 is 1.59 bits per heavy atom. The number of pyridine rings is 2. The first kappa shape index (κ1) is 20.3. The minimum Gasteiger partial charge on any atom is -0.327 e. The molecule has 1 amide bonds. The van der Waals surface area contributed by atoms with Crippen molar-refractivity contribution in [1.82, 2.24) is 14.9 Å². The van der Waals surface area contributed by atoms with E-state index in [0.717, 1.165) is 34.1 Å². The van der Waals surface area contributed by atoms with Crippen molar-refractivity contribution in [2.75, 3.05) is 6.54 Å². The fraction of sp³-hybridized carbons (Fsp3) is 0.100. The summed E-state index contributed by atoms with van der Waals surface area (Å²) in [5.74, 6) is 0.000868. The second kappa shape index (κ2) is 8.56. The number of nitrogens with zero attached hydrogens (tertiary/aromatic N) is 3. The molecule has 1 aliphatic heterocycles. The highest BCUT2D eigenvalue weighted by molar-refractivity contribution is 6.07. The van der Waals surface area contributed by atoms with Crippen LogP contribution in [0.2, 0.25) is 0 Å². The number of benzene rings is 3. The first-order valence-corrected chi connectivity index (χ1v) is 11.5. The summed E-state index contributed by atoms with van der Waals surface area (Å²) in [5.41, 5.74) is 6.78. The minimum atomic E-state index is -0.140. The predicted octanol–water partition coefficient (Wildman–Crippen LogP) is 6.08. The SMILES string of the molecule is O=C(c1cc(-c2ccccc2)nc2ccncc12)N1CCc2ccccc2[C@H]1c1ccccc1. The number of fused-ring (bicyclic) bond motifs is 2. The van der Waals surface area contributed by atoms with Crippen molar-refractivity contribution in [1.29, 1.82) is 0 Å². The summed E-state index contributed by atoms with van der Waals surface area (Å²) in [4.78, 5) is 25.4. The van der Waals surface area contributed by atoms with Crippen LogP contribution in [-0.4, -0.2) is 27.3 Å². The van der Waals surface area contributed by atoms with Crippen molar-refractivity contribution >= 4 is 16.8 Å². The summed E-state index contributed by atoms with van der Waals surface area (Å²) in [6.45, 7) is 0.653. The zero-order chi connectivity index (χ0) is 22.9. The quantitative estimate of drug-likeness (QED) is 0.341. The van der Waals surface area contributed by atoms with E-state index in [4.69, 9.17) is 4.98 Å². The van der Waals surface area contributed by atoms with E-state index in [2.05, 4.69) is 41.4 Å². The smallest absolute Gasteiger partial charge is 0.255 e. The molecule has 0 aliphatic carbocycles. The largest absolute Gasteiger partial charge is 0.327 e. The first-order chi connectivity index (χ1) is 16.8. The van der Waals surface area contributed by atoms with Gasteiger partial charge in [0.15, 0.2) is 0 Å². The van der Waals surface area contributed by atoms with Gasteiger partial charge in [0.25, 0.3) is 5.91 Å². The van der Waals surface area contributed by atoms with Gasteiger partial charge in [0.1, 0.15) is 0 Å². The highest BCUT2D eigenvalue weighted by atomic mass is 16.2. The van der Waals surface area contributed by atoms with Gasteiger partial charge >= 0.3 is 0 Å². The van der Waals surface area contributed by atoms with E-state index < -0.39 is 0 Å². The van der Waals surface area contributed by atoms with Crippen LogP contribution < -0.4 is 0 Å². The van der Waals surface area contributed by atoms with Gasteiger partial charge in [-0.1, -0.05) is 84.9 Å². The minimum absolute atomic E-state index is 0.000868. The van der Waals surface area contributed by atoms with Gasteiger partial charge in [-0.2, -0.15) is 0 Å². The van der Waals surface area contributed by atoms with Crippen LogP contribution in [-0.2, 0) is 6.42 Å². The van der Waals surface area contributed by atoms with E-state index in [0.29, 0.717) is 12.1 Å². The van der Waals surface area contributed by atoms with E-state index in [-0.39, 0.29) is 11.9 Å². The van der Waals surface area contributed by atoms with Gasteiger partial charge in [0, 0.05) is 29.9 Å². The summed E-state index contributed by atoms with van der Waals surface area (Å²) in [6, 6.07) is 32.4. The van der Waals surface area contributed by atoms with Crippen molar-refractivity contribution in [2.45, 2.75) is 12.5 Å². The number of aromatic nitrogens is 2. The normalized spacial score (nSPS) is 15.2. The van der Waals surface area contributed by atoms with E-state index >= 15 is 0 Å². The Morgan fingerprint density at radius 1 is 0.853 bits per heavy atom. The number of rotatable bonds is 3. The third-order valence-electron chi connectivity index (χ3n) is 6.57. The van der Waals surface area contributed by atoms with Crippen molar-refractivity contribution in [3.05, 3.63) is 132 Å². The molecule has 0 fully saturated rings. The molecule has 34 heavy (non-hydrogen) atoms. The van der Waals surface area contributed by atoms with Gasteiger partial charge in [-0.05, 0) is 35.2 Å². The highest BCUT2D eigenvalue weighted by Crippen LogP contribution is 2.37. The highest BCUT2D eigenvalue weighted by Gasteiger charge is 2.33. The molecule has 0 saturated carbocycles. The van der Waals surface area contributed by atoms with Gasteiger partial charge in [0.05, 0.1) is 22.8 Å². The third-order valence-corrected chi connectivity index (χ3v) is 6.57. The lowest BCUT2D eigenvalue weighted by Gasteiger charge is -2.38. The number of carbonyl (C=O) groups is 1. The maximum Gasteiger partial charge on any atom is 0.255 e. The maximum absolute atomic E-state index is 14.3. The van der Waals surface area contributed by atoms with E-state index in [9.17, 15) is 4.79 Å². The van der Waals surface area contributed by atoms with E-state index in [1.807, 2.05) is 65.6 Å². The number of hydrogen-bond acceptors (Lipinski definition) is 3. The lowest BCUT2D eigenvalue weighted by atomic mass is 9.87. The van der Waals surface area contributed by atoms with E-state index in [1.54, 1.807) is 12.4 Å². The molecule has 0 radical (unpaired) electrons. The Labute approximate surface area is 198 Å². The third kappa shape index (κ3) is 3.54. The molecule has 4 heteroatoms. The molecule has 1 atom stereocenters. The van der Waals surface area contributed by atoms with Gasteiger partial charge in [-0.25, -0.2) is 4.98 Å². The molecule has 6 rings (SSSR count). The van der Waals surface area contributed by atoms with Gasteiger partial charge < -0.3 is 4.90 Å².